The maximum absolute atomic E-state index is 14.1. The van der Waals surface area contributed by atoms with E-state index in [1.807, 2.05) is 25.1 Å². The second-order valence-corrected chi connectivity index (χ2v) is 12.6. The van der Waals surface area contributed by atoms with Gasteiger partial charge in [-0.25, -0.2) is 9.61 Å². The van der Waals surface area contributed by atoms with E-state index in [0.717, 1.165) is 80.1 Å². The number of anilines is 1. The lowest BCUT2D eigenvalue weighted by Gasteiger charge is -2.48. The van der Waals surface area contributed by atoms with Gasteiger partial charge in [0.2, 0.25) is 5.91 Å². The molecule has 2 saturated heterocycles. The van der Waals surface area contributed by atoms with Crippen LogP contribution in [-0.4, -0.2) is 76.8 Å². The number of nitrogens with zero attached hydrogens (tertiary/aromatic N) is 6. The normalized spacial score (nSPS) is 24.6. The Balaban J connectivity index is 0.995. The highest BCUT2D eigenvalue weighted by Crippen LogP contribution is 2.40. The maximum Gasteiger partial charge on any atom is 0.227 e. The largest absolute Gasteiger partial charge is 0.441 e. The van der Waals surface area contributed by atoms with Gasteiger partial charge in [-0.3, -0.25) is 4.79 Å². The van der Waals surface area contributed by atoms with Gasteiger partial charge in [0, 0.05) is 58.4 Å². The number of rotatable bonds is 6. The molecule has 0 bridgehead atoms. The molecule has 4 atom stereocenters. The third kappa shape index (κ3) is 5.44. The van der Waals surface area contributed by atoms with Gasteiger partial charge in [-0.05, 0) is 83.2 Å². The summed E-state index contributed by atoms with van der Waals surface area (Å²) in [6.07, 6.45) is 6.02. The van der Waals surface area contributed by atoms with Crippen LogP contribution in [0, 0.1) is 30.6 Å². The molecule has 0 spiro atoms. The van der Waals surface area contributed by atoms with Crippen LogP contribution in [0.1, 0.15) is 44.1 Å². The highest BCUT2D eigenvalue weighted by Gasteiger charge is 2.43. The summed E-state index contributed by atoms with van der Waals surface area (Å²) in [5, 5.41) is 7.91. The van der Waals surface area contributed by atoms with Crippen molar-refractivity contribution in [2.24, 2.45) is 23.7 Å². The molecule has 9 nitrogen and oxygen atoms in total. The first kappa shape index (κ1) is 26.4. The van der Waals surface area contributed by atoms with Gasteiger partial charge in [0.25, 0.3) is 0 Å². The molecule has 4 aromatic rings. The number of carbonyl (C=O) groups is 1. The predicted molar refractivity (Wildman–Crippen MR) is 158 cm³/mol. The van der Waals surface area contributed by atoms with Crippen LogP contribution >= 0.6 is 0 Å². The van der Waals surface area contributed by atoms with Crippen molar-refractivity contribution in [3.63, 3.8) is 0 Å². The first-order valence-corrected chi connectivity index (χ1v) is 15.3. The second kappa shape index (κ2) is 11.1. The molecule has 2 aromatic carbocycles. The van der Waals surface area contributed by atoms with Crippen molar-refractivity contribution in [3.05, 3.63) is 47.9 Å². The van der Waals surface area contributed by atoms with Crippen molar-refractivity contribution in [1.29, 1.82) is 0 Å². The standard InChI is InChI=1S/C32H40N6O3/c1-21(15-23-7-10-31-30(16-23)33-22(2)40-31)18-36-19-24-5-3-4-6-26(24)27(20-36)32(39)38-13-11-37(12-14-38)25-8-9-28-29(17-25)35-41-34-28/h7-10,16-17,21,24,26-27H,3-6,11-15,18-20H2,1-2H3/t21-,24+,26-,27+/m0/s1. The Kier molecular flexibility index (Phi) is 7.15. The first-order valence-electron chi connectivity index (χ1n) is 15.3. The summed E-state index contributed by atoms with van der Waals surface area (Å²) in [5.74, 6) is 2.86. The van der Waals surface area contributed by atoms with Gasteiger partial charge in [0.05, 0.1) is 5.92 Å². The summed E-state index contributed by atoms with van der Waals surface area (Å²) in [6.45, 7) is 10.5. The van der Waals surface area contributed by atoms with Gasteiger partial charge >= 0.3 is 0 Å². The van der Waals surface area contributed by atoms with E-state index >= 15 is 0 Å². The number of piperidine rings is 1. The Labute approximate surface area is 240 Å². The smallest absolute Gasteiger partial charge is 0.227 e. The van der Waals surface area contributed by atoms with Crippen LogP contribution in [-0.2, 0) is 11.2 Å². The van der Waals surface area contributed by atoms with Crippen molar-refractivity contribution in [3.8, 4) is 0 Å². The van der Waals surface area contributed by atoms with Crippen molar-refractivity contribution in [1.82, 2.24) is 25.1 Å². The minimum Gasteiger partial charge on any atom is -0.441 e. The van der Waals surface area contributed by atoms with Crippen LogP contribution in [0.25, 0.3) is 22.1 Å². The molecule has 0 radical (unpaired) electrons. The fourth-order valence-corrected chi connectivity index (χ4v) is 7.73. The molecule has 0 N–H and O–H groups in total. The summed E-state index contributed by atoms with van der Waals surface area (Å²) in [4.78, 5) is 25.7. The number of hydrogen-bond acceptors (Lipinski definition) is 8. The predicted octanol–water partition coefficient (Wildman–Crippen LogP) is 4.94. The van der Waals surface area contributed by atoms with E-state index in [1.54, 1.807) is 0 Å². The highest BCUT2D eigenvalue weighted by molar-refractivity contribution is 5.81. The molecule has 7 rings (SSSR count). The van der Waals surface area contributed by atoms with Gasteiger partial charge < -0.3 is 19.1 Å². The molecule has 41 heavy (non-hydrogen) atoms. The second-order valence-electron chi connectivity index (χ2n) is 12.6. The van der Waals surface area contributed by atoms with E-state index in [2.05, 4.69) is 55.1 Å². The zero-order valence-corrected chi connectivity index (χ0v) is 24.2. The van der Waals surface area contributed by atoms with Gasteiger partial charge in [0.15, 0.2) is 11.5 Å². The average Bonchev–Trinajstić information content (AvgIpc) is 3.61. The molecular weight excluding hydrogens is 516 g/mol. The van der Waals surface area contributed by atoms with E-state index < -0.39 is 0 Å². The molecule has 3 aliphatic rings. The number of amides is 1. The Morgan fingerprint density at radius 2 is 1.80 bits per heavy atom. The Hall–Kier alpha value is -3.46. The fraction of sp³-hybridized carbons (Fsp3) is 0.562. The minimum atomic E-state index is 0.111. The molecule has 3 fully saturated rings. The minimum absolute atomic E-state index is 0.111. The van der Waals surface area contributed by atoms with Crippen LogP contribution in [0.15, 0.2) is 45.4 Å². The summed E-state index contributed by atoms with van der Waals surface area (Å²) in [5.41, 5.74) is 5.76. The number of hydrogen-bond donors (Lipinski definition) is 0. The monoisotopic (exact) mass is 556 g/mol. The summed E-state index contributed by atoms with van der Waals surface area (Å²) in [7, 11) is 0. The number of fused-ring (bicyclic) bond motifs is 3. The number of piperazine rings is 1. The number of benzene rings is 2. The van der Waals surface area contributed by atoms with Crippen LogP contribution in [0.5, 0.6) is 0 Å². The molecule has 2 aliphatic heterocycles. The Bertz CT molecular complexity index is 1520. The molecule has 216 valence electrons. The summed E-state index contributed by atoms with van der Waals surface area (Å²) >= 11 is 0. The molecule has 2 aromatic heterocycles. The van der Waals surface area contributed by atoms with E-state index in [1.165, 1.54) is 31.2 Å². The number of oxazole rings is 1. The highest BCUT2D eigenvalue weighted by atomic mass is 16.6. The summed E-state index contributed by atoms with van der Waals surface area (Å²) in [6, 6.07) is 12.4. The maximum atomic E-state index is 14.1. The van der Waals surface area contributed by atoms with Crippen LogP contribution in [0.4, 0.5) is 5.69 Å². The van der Waals surface area contributed by atoms with Crippen LogP contribution in [0.3, 0.4) is 0 Å². The Morgan fingerprint density at radius 1 is 0.976 bits per heavy atom. The number of likely N-dealkylation sites (tertiary alicyclic amines) is 1. The third-order valence-corrected chi connectivity index (χ3v) is 9.66. The van der Waals surface area contributed by atoms with Crippen LogP contribution in [0.2, 0.25) is 0 Å². The molecule has 1 aliphatic carbocycles. The number of carbonyl (C=O) groups excluding carboxylic acids is 1. The molecule has 1 saturated carbocycles. The Morgan fingerprint density at radius 3 is 2.68 bits per heavy atom. The molecule has 0 unspecified atom stereocenters. The average molecular weight is 557 g/mol. The van der Waals surface area contributed by atoms with Crippen molar-refractivity contribution in [2.45, 2.75) is 46.0 Å². The van der Waals surface area contributed by atoms with E-state index in [4.69, 9.17) is 9.05 Å². The third-order valence-electron chi connectivity index (χ3n) is 9.66. The number of aromatic nitrogens is 3. The van der Waals surface area contributed by atoms with Gasteiger partial charge in [-0.2, -0.15) is 0 Å². The lowest BCUT2D eigenvalue weighted by atomic mass is 9.69. The topological polar surface area (TPSA) is 91.7 Å². The fourth-order valence-electron chi connectivity index (χ4n) is 7.73. The zero-order chi connectivity index (χ0) is 27.9. The van der Waals surface area contributed by atoms with E-state index in [-0.39, 0.29) is 5.92 Å². The van der Waals surface area contributed by atoms with Gasteiger partial charge in [-0.1, -0.05) is 25.8 Å². The van der Waals surface area contributed by atoms with Gasteiger partial charge in [0.1, 0.15) is 16.6 Å². The molecule has 1 amide bonds. The van der Waals surface area contributed by atoms with E-state index in [0.29, 0.717) is 29.6 Å². The van der Waals surface area contributed by atoms with Crippen molar-refractivity contribution in [2.75, 3.05) is 50.7 Å². The van der Waals surface area contributed by atoms with Crippen LogP contribution < -0.4 is 4.90 Å². The van der Waals surface area contributed by atoms with Crippen molar-refractivity contribution >= 4 is 33.7 Å². The zero-order valence-electron chi connectivity index (χ0n) is 24.2. The van der Waals surface area contributed by atoms with Gasteiger partial charge in [-0.15, -0.1) is 0 Å². The summed E-state index contributed by atoms with van der Waals surface area (Å²) < 4.78 is 10.5. The SMILES string of the molecule is Cc1nc2cc(C[C@H](C)CN3C[C@H]4CCCC[C@@H]4[C@H](C(=O)N4CCN(c5ccc6nonc6c5)CC4)C3)ccc2o1. The molecular formula is C32H40N6O3. The molecule has 9 heteroatoms. The van der Waals surface area contributed by atoms with Crippen molar-refractivity contribution < 1.29 is 13.8 Å². The number of aryl methyl sites for hydroxylation is 1. The lowest BCUT2D eigenvalue weighted by molar-refractivity contribution is -0.142. The van der Waals surface area contributed by atoms with E-state index in [9.17, 15) is 4.79 Å². The lowest BCUT2D eigenvalue weighted by Crippen LogP contribution is -2.57. The quantitative estimate of drug-likeness (QED) is 0.330. The first-order chi connectivity index (χ1) is 20.0. The molecule has 4 heterocycles.